The highest BCUT2D eigenvalue weighted by molar-refractivity contribution is 7.10. The molecular weight excluding hydrogens is 272 g/mol. The first-order valence-electron chi connectivity index (χ1n) is 5.16. The van der Waals surface area contributed by atoms with E-state index in [2.05, 4.69) is 14.6 Å². The minimum Gasteiger partial charge on any atom is -0.292 e. The molecule has 3 rings (SSSR count). The van der Waals surface area contributed by atoms with Crippen molar-refractivity contribution < 1.29 is 0 Å². The first kappa shape index (κ1) is 11.3. The highest BCUT2D eigenvalue weighted by atomic mass is 35.5. The second kappa shape index (κ2) is 4.47. The summed E-state index contributed by atoms with van der Waals surface area (Å²) >= 11 is 7.02. The average molecular weight is 279 g/mol. The summed E-state index contributed by atoms with van der Waals surface area (Å²) in [5, 5.41) is 4.46. The predicted molar refractivity (Wildman–Crippen MR) is 70.0 cm³/mol. The molecule has 0 amide bonds. The lowest BCUT2D eigenvalue weighted by Crippen LogP contribution is -2.21. The largest absolute Gasteiger partial charge is 0.292 e. The van der Waals surface area contributed by atoms with Gasteiger partial charge in [-0.15, -0.1) is 5.10 Å². The number of para-hydroxylation sites is 1. The normalized spacial score (nSPS) is 10.9. The SMILES string of the molecule is O=c1c2ccccc2ncn1Cc1nnsc1Cl. The average Bonchev–Trinajstić information content (AvgIpc) is 2.79. The summed E-state index contributed by atoms with van der Waals surface area (Å²) in [6.45, 7) is 0.284. The van der Waals surface area contributed by atoms with Crippen LogP contribution in [0.25, 0.3) is 10.9 Å². The lowest BCUT2D eigenvalue weighted by Gasteiger charge is -2.04. The van der Waals surface area contributed by atoms with E-state index in [1.54, 1.807) is 12.1 Å². The Morgan fingerprint density at radius 1 is 1.33 bits per heavy atom. The lowest BCUT2D eigenvalue weighted by molar-refractivity contribution is 0.726. The van der Waals surface area contributed by atoms with Crippen molar-refractivity contribution in [3.63, 3.8) is 0 Å². The molecule has 3 aromatic rings. The minimum atomic E-state index is -0.107. The molecule has 5 nitrogen and oxygen atoms in total. The van der Waals surface area contributed by atoms with Crippen LogP contribution in [-0.2, 0) is 6.54 Å². The maximum atomic E-state index is 12.2. The van der Waals surface area contributed by atoms with Crippen molar-refractivity contribution in [3.05, 3.63) is 51.0 Å². The number of rotatable bonds is 2. The van der Waals surface area contributed by atoms with E-state index < -0.39 is 0 Å². The maximum Gasteiger partial charge on any atom is 0.261 e. The molecule has 0 saturated carbocycles. The fourth-order valence-electron chi connectivity index (χ4n) is 1.67. The van der Waals surface area contributed by atoms with Crippen molar-refractivity contribution in [2.45, 2.75) is 6.54 Å². The van der Waals surface area contributed by atoms with Crippen LogP contribution >= 0.6 is 23.1 Å². The van der Waals surface area contributed by atoms with Gasteiger partial charge in [0.1, 0.15) is 10.0 Å². The fraction of sp³-hybridized carbons (Fsp3) is 0.0909. The molecule has 0 saturated heterocycles. The van der Waals surface area contributed by atoms with Gasteiger partial charge in [-0.25, -0.2) is 4.98 Å². The first-order valence-corrected chi connectivity index (χ1v) is 6.32. The Morgan fingerprint density at radius 3 is 2.94 bits per heavy atom. The smallest absolute Gasteiger partial charge is 0.261 e. The molecule has 7 heteroatoms. The van der Waals surface area contributed by atoms with Crippen LogP contribution in [0.5, 0.6) is 0 Å². The van der Waals surface area contributed by atoms with Gasteiger partial charge in [0.05, 0.1) is 23.8 Å². The molecule has 0 fully saturated rings. The second-order valence-electron chi connectivity index (χ2n) is 3.69. The third-order valence-corrected chi connectivity index (χ3v) is 3.55. The lowest BCUT2D eigenvalue weighted by atomic mass is 10.2. The topological polar surface area (TPSA) is 60.7 Å². The van der Waals surface area contributed by atoms with Gasteiger partial charge in [0.2, 0.25) is 0 Å². The Balaban J connectivity index is 2.11. The van der Waals surface area contributed by atoms with Crippen LogP contribution < -0.4 is 5.56 Å². The zero-order valence-corrected chi connectivity index (χ0v) is 10.6. The van der Waals surface area contributed by atoms with E-state index in [9.17, 15) is 4.79 Å². The van der Waals surface area contributed by atoms with E-state index >= 15 is 0 Å². The van der Waals surface area contributed by atoms with E-state index in [4.69, 9.17) is 11.6 Å². The Kier molecular flexibility index (Phi) is 2.81. The summed E-state index contributed by atoms with van der Waals surface area (Å²) in [6.07, 6.45) is 1.50. The Bertz CT molecular complexity index is 767. The van der Waals surface area contributed by atoms with E-state index in [0.29, 0.717) is 20.9 Å². The van der Waals surface area contributed by atoms with Crippen LogP contribution in [-0.4, -0.2) is 19.1 Å². The van der Waals surface area contributed by atoms with Gasteiger partial charge in [0.25, 0.3) is 5.56 Å². The second-order valence-corrected chi connectivity index (χ2v) is 5.04. The maximum absolute atomic E-state index is 12.2. The highest BCUT2D eigenvalue weighted by Gasteiger charge is 2.09. The van der Waals surface area contributed by atoms with Gasteiger partial charge in [-0.1, -0.05) is 28.2 Å². The summed E-state index contributed by atoms with van der Waals surface area (Å²) in [4.78, 5) is 16.4. The van der Waals surface area contributed by atoms with Crippen molar-refractivity contribution in [1.82, 2.24) is 19.1 Å². The van der Waals surface area contributed by atoms with Gasteiger partial charge >= 0.3 is 0 Å². The number of hydrogen-bond donors (Lipinski definition) is 0. The third kappa shape index (κ3) is 1.89. The summed E-state index contributed by atoms with van der Waals surface area (Å²) in [5.41, 5.74) is 1.16. The van der Waals surface area contributed by atoms with Crippen molar-refractivity contribution in [2.24, 2.45) is 0 Å². The fourth-order valence-corrected chi connectivity index (χ4v) is 2.28. The number of nitrogens with zero attached hydrogens (tertiary/aromatic N) is 4. The minimum absolute atomic E-state index is 0.107. The standard InChI is InChI=1S/C11H7ClN4OS/c12-10-9(14-15-18-10)5-16-6-13-8-4-2-1-3-7(8)11(16)17/h1-4,6H,5H2. The number of halogens is 1. The molecule has 0 N–H and O–H groups in total. The molecule has 2 heterocycles. The Morgan fingerprint density at radius 2 is 2.17 bits per heavy atom. The van der Waals surface area contributed by atoms with Crippen molar-refractivity contribution >= 4 is 34.0 Å². The van der Waals surface area contributed by atoms with Gasteiger partial charge in [-0.05, 0) is 12.1 Å². The van der Waals surface area contributed by atoms with E-state index in [-0.39, 0.29) is 12.1 Å². The Labute approximate surface area is 111 Å². The van der Waals surface area contributed by atoms with Gasteiger partial charge < -0.3 is 0 Å². The molecule has 0 bridgehead atoms. The van der Waals surface area contributed by atoms with Gasteiger partial charge in [-0.2, -0.15) is 0 Å². The molecule has 0 aliphatic carbocycles. The number of fused-ring (bicyclic) bond motifs is 1. The zero-order chi connectivity index (χ0) is 12.5. The van der Waals surface area contributed by atoms with Crippen molar-refractivity contribution in [1.29, 1.82) is 0 Å². The Hall–Kier alpha value is -1.79. The van der Waals surface area contributed by atoms with Crippen LogP contribution in [0, 0.1) is 0 Å². The van der Waals surface area contributed by atoms with E-state index in [1.807, 2.05) is 12.1 Å². The molecule has 0 radical (unpaired) electrons. The van der Waals surface area contributed by atoms with Gasteiger partial charge in [0, 0.05) is 11.5 Å². The molecule has 0 aliphatic heterocycles. The van der Waals surface area contributed by atoms with E-state index in [0.717, 1.165) is 11.5 Å². The molecule has 0 unspecified atom stereocenters. The quantitative estimate of drug-likeness (QED) is 0.719. The molecule has 0 aliphatic rings. The van der Waals surface area contributed by atoms with Gasteiger partial charge in [0.15, 0.2) is 0 Å². The summed E-state index contributed by atoms with van der Waals surface area (Å²) in [6, 6.07) is 7.22. The van der Waals surface area contributed by atoms with Crippen LogP contribution in [0.3, 0.4) is 0 Å². The summed E-state index contributed by atoms with van der Waals surface area (Å²) in [5.74, 6) is 0. The van der Waals surface area contributed by atoms with Crippen LogP contribution in [0.1, 0.15) is 5.69 Å². The highest BCUT2D eigenvalue weighted by Crippen LogP contribution is 2.17. The first-order chi connectivity index (χ1) is 8.75. The van der Waals surface area contributed by atoms with Crippen LogP contribution in [0.4, 0.5) is 0 Å². The van der Waals surface area contributed by atoms with E-state index in [1.165, 1.54) is 10.9 Å². The van der Waals surface area contributed by atoms with Crippen LogP contribution in [0.2, 0.25) is 4.34 Å². The molecule has 1 aromatic carbocycles. The van der Waals surface area contributed by atoms with Crippen molar-refractivity contribution in [2.75, 3.05) is 0 Å². The number of aromatic nitrogens is 4. The zero-order valence-electron chi connectivity index (χ0n) is 9.08. The molecule has 0 spiro atoms. The summed E-state index contributed by atoms with van der Waals surface area (Å²) < 4.78 is 5.71. The summed E-state index contributed by atoms with van der Waals surface area (Å²) in [7, 11) is 0. The number of hydrogen-bond acceptors (Lipinski definition) is 5. The molecule has 90 valence electrons. The molecule has 0 atom stereocenters. The predicted octanol–water partition coefficient (Wildman–Crippen LogP) is 1.95. The molecule has 2 aromatic heterocycles. The molecule has 18 heavy (non-hydrogen) atoms. The molecular formula is C11H7ClN4OS. The van der Waals surface area contributed by atoms with Crippen LogP contribution in [0.15, 0.2) is 35.4 Å². The third-order valence-electron chi connectivity index (χ3n) is 2.56. The van der Waals surface area contributed by atoms with Crippen molar-refractivity contribution in [3.8, 4) is 0 Å². The monoisotopic (exact) mass is 278 g/mol. The van der Waals surface area contributed by atoms with Gasteiger partial charge in [-0.3, -0.25) is 9.36 Å². The number of benzene rings is 1.